The van der Waals surface area contributed by atoms with Crippen LogP contribution in [0.1, 0.15) is 37.8 Å². The van der Waals surface area contributed by atoms with Crippen molar-refractivity contribution in [2.75, 3.05) is 23.7 Å². The highest BCUT2D eigenvalue weighted by Gasteiger charge is 2.26. The molecule has 0 aliphatic rings. The van der Waals surface area contributed by atoms with Crippen LogP contribution in [0.4, 0.5) is 5.69 Å². The average molecular weight is 494 g/mol. The number of carbonyl (C=O) groups is 2. The Balaban J connectivity index is 2.16. The van der Waals surface area contributed by atoms with Gasteiger partial charge in [0.05, 0.1) is 11.9 Å². The van der Waals surface area contributed by atoms with Gasteiger partial charge in [-0.05, 0) is 50.5 Å². The fourth-order valence-electron chi connectivity index (χ4n) is 3.52. The number of hydrogen-bond acceptors (Lipinski definition) is 4. The number of likely N-dealkylation sites (N-methyl/N-ethyl adjacent to an activating group) is 1. The molecule has 0 saturated heterocycles. The lowest BCUT2D eigenvalue weighted by atomic mass is 10.1. The summed E-state index contributed by atoms with van der Waals surface area (Å²) in [5, 5.41) is 3.20. The first-order valence-corrected chi connectivity index (χ1v) is 13.1. The number of benzene rings is 2. The lowest BCUT2D eigenvalue weighted by Gasteiger charge is -2.29. The third-order valence-electron chi connectivity index (χ3n) is 5.31. The lowest BCUT2D eigenvalue weighted by molar-refractivity contribution is -0.140. The van der Waals surface area contributed by atoms with E-state index >= 15 is 0 Å². The summed E-state index contributed by atoms with van der Waals surface area (Å²) in [5.74, 6) is -0.442. The number of carbonyl (C=O) groups excluding carboxylic acids is 2. The molecular weight excluding hydrogens is 462 g/mol. The zero-order valence-electron chi connectivity index (χ0n) is 19.5. The van der Waals surface area contributed by atoms with Gasteiger partial charge in [-0.15, -0.1) is 0 Å². The molecule has 2 aromatic carbocycles. The molecule has 0 aromatic heterocycles. The topological polar surface area (TPSA) is 86.8 Å². The van der Waals surface area contributed by atoms with E-state index in [0.29, 0.717) is 30.2 Å². The van der Waals surface area contributed by atoms with Crippen molar-refractivity contribution in [3.8, 4) is 0 Å². The van der Waals surface area contributed by atoms with Crippen LogP contribution < -0.4 is 9.62 Å². The molecule has 1 atom stereocenters. The summed E-state index contributed by atoms with van der Waals surface area (Å²) < 4.78 is 26.2. The minimum absolute atomic E-state index is 0.0994. The van der Waals surface area contributed by atoms with Gasteiger partial charge < -0.3 is 10.2 Å². The smallest absolute Gasteiger partial charge is 0.242 e. The molecule has 0 aliphatic heterocycles. The molecular formula is C24H32ClN3O4S. The molecule has 0 unspecified atom stereocenters. The fourth-order valence-corrected chi connectivity index (χ4v) is 4.70. The number of aryl methyl sites for hydroxylation is 1. The van der Waals surface area contributed by atoms with Gasteiger partial charge in [0.1, 0.15) is 6.04 Å². The number of halogens is 1. The molecule has 2 aromatic rings. The van der Waals surface area contributed by atoms with Crippen molar-refractivity contribution in [1.29, 1.82) is 0 Å². The minimum atomic E-state index is -3.58. The molecule has 0 bridgehead atoms. The van der Waals surface area contributed by atoms with Gasteiger partial charge in [0.2, 0.25) is 21.8 Å². The van der Waals surface area contributed by atoms with E-state index in [4.69, 9.17) is 11.6 Å². The van der Waals surface area contributed by atoms with Crippen molar-refractivity contribution in [1.82, 2.24) is 10.2 Å². The van der Waals surface area contributed by atoms with Crippen LogP contribution in [0.2, 0.25) is 5.02 Å². The summed E-state index contributed by atoms with van der Waals surface area (Å²) in [7, 11) is -3.58. The molecule has 0 aliphatic carbocycles. The number of anilines is 1. The van der Waals surface area contributed by atoms with E-state index < -0.39 is 16.1 Å². The molecule has 1 N–H and O–H groups in total. The number of amides is 2. The first-order valence-electron chi connectivity index (χ1n) is 10.9. The number of rotatable bonds is 11. The number of hydrogen-bond donors (Lipinski definition) is 1. The third kappa shape index (κ3) is 7.75. The van der Waals surface area contributed by atoms with Crippen LogP contribution in [0.15, 0.2) is 48.5 Å². The summed E-state index contributed by atoms with van der Waals surface area (Å²) in [4.78, 5) is 27.1. The summed E-state index contributed by atoms with van der Waals surface area (Å²) in [6.45, 7) is 6.22. The fraction of sp³-hybridized carbons (Fsp3) is 0.417. The van der Waals surface area contributed by atoms with E-state index in [1.54, 1.807) is 25.1 Å². The first-order chi connectivity index (χ1) is 15.5. The molecule has 0 radical (unpaired) electrons. The molecule has 180 valence electrons. The monoisotopic (exact) mass is 493 g/mol. The minimum Gasteiger partial charge on any atom is -0.355 e. The van der Waals surface area contributed by atoms with Gasteiger partial charge in [-0.25, -0.2) is 8.42 Å². The van der Waals surface area contributed by atoms with Gasteiger partial charge in [0.15, 0.2) is 0 Å². The van der Waals surface area contributed by atoms with Crippen LogP contribution in [0, 0.1) is 6.92 Å². The summed E-state index contributed by atoms with van der Waals surface area (Å²) >= 11 is 6.08. The normalized spacial score (nSPS) is 12.2. The van der Waals surface area contributed by atoms with Crippen LogP contribution in [0.5, 0.6) is 0 Å². The highest BCUT2D eigenvalue weighted by atomic mass is 35.5. The van der Waals surface area contributed by atoms with Crippen LogP contribution in [-0.2, 0) is 26.2 Å². The maximum atomic E-state index is 13.1. The second-order valence-electron chi connectivity index (χ2n) is 7.95. The second kappa shape index (κ2) is 12.0. The molecule has 2 amide bonds. The lowest BCUT2D eigenvalue weighted by Crippen LogP contribution is -2.47. The zero-order valence-corrected chi connectivity index (χ0v) is 21.1. The van der Waals surface area contributed by atoms with E-state index in [2.05, 4.69) is 5.32 Å². The number of sulfonamides is 1. The van der Waals surface area contributed by atoms with Gasteiger partial charge in [0, 0.05) is 31.1 Å². The molecule has 33 heavy (non-hydrogen) atoms. The number of nitrogens with one attached hydrogen (secondary N) is 1. The highest BCUT2D eigenvalue weighted by molar-refractivity contribution is 7.92. The SMILES string of the molecule is CCNC(=O)[C@H](C)N(Cc1ccccc1)C(=O)CCCN(c1cc(Cl)ccc1C)S(C)(=O)=O. The predicted octanol–water partition coefficient (Wildman–Crippen LogP) is 3.75. The Bertz CT molecular complexity index is 1060. The first kappa shape index (κ1) is 26.7. The molecule has 2 rings (SSSR count). The van der Waals surface area contributed by atoms with E-state index in [0.717, 1.165) is 17.4 Å². The van der Waals surface area contributed by atoms with Gasteiger partial charge in [-0.1, -0.05) is 48.0 Å². The van der Waals surface area contributed by atoms with Gasteiger partial charge in [-0.2, -0.15) is 0 Å². The Kier molecular flexibility index (Phi) is 9.73. The molecule has 0 fully saturated rings. The van der Waals surface area contributed by atoms with Crippen molar-refractivity contribution < 1.29 is 18.0 Å². The quantitative estimate of drug-likeness (QED) is 0.516. The average Bonchev–Trinajstić information content (AvgIpc) is 2.76. The Morgan fingerprint density at radius 1 is 1.12 bits per heavy atom. The summed E-state index contributed by atoms with van der Waals surface area (Å²) in [6.07, 6.45) is 1.53. The van der Waals surface area contributed by atoms with E-state index in [1.807, 2.05) is 44.2 Å². The Morgan fingerprint density at radius 2 is 1.79 bits per heavy atom. The predicted molar refractivity (Wildman–Crippen MR) is 133 cm³/mol. The summed E-state index contributed by atoms with van der Waals surface area (Å²) in [5.41, 5.74) is 2.18. The van der Waals surface area contributed by atoms with E-state index in [-0.39, 0.29) is 24.8 Å². The van der Waals surface area contributed by atoms with Gasteiger partial charge in [0.25, 0.3) is 0 Å². The number of nitrogens with zero attached hydrogens (tertiary/aromatic N) is 2. The van der Waals surface area contributed by atoms with Crippen molar-refractivity contribution in [2.45, 2.75) is 46.2 Å². The largest absolute Gasteiger partial charge is 0.355 e. The van der Waals surface area contributed by atoms with Crippen molar-refractivity contribution in [3.05, 3.63) is 64.7 Å². The van der Waals surface area contributed by atoms with E-state index in [9.17, 15) is 18.0 Å². The molecule has 0 heterocycles. The molecule has 7 nitrogen and oxygen atoms in total. The maximum Gasteiger partial charge on any atom is 0.242 e. The third-order valence-corrected chi connectivity index (χ3v) is 6.72. The zero-order chi connectivity index (χ0) is 24.6. The maximum absolute atomic E-state index is 13.1. The second-order valence-corrected chi connectivity index (χ2v) is 10.3. The van der Waals surface area contributed by atoms with Crippen LogP contribution in [0.25, 0.3) is 0 Å². The van der Waals surface area contributed by atoms with Gasteiger partial charge in [-0.3, -0.25) is 13.9 Å². The molecule has 0 spiro atoms. The molecule has 9 heteroatoms. The van der Waals surface area contributed by atoms with Gasteiger partial charge >= 0.3 is 0 Å². The summed E-state index contributed by atoms with van der Waals surface area (Å²) in [6, 6.07) is 13.9. The van der Waals surface area contributed by atoms with Crippen LogP contribution in [-0.4, -0.2) is 50.5 Å². The molecule has 0 saturated carbocycles. The van der Waals surface area contributed by atoms with Crippen molar-refractivity contribution in [3.63, 3.8) is 0 Å². The van der Waals surface area contributed by atoms with E-state index in [1.165, 1.54) is 9.21 Å². The Hall–Kier alpha value is -2.58. The Morgan fingerprint density at radius 3 is 2.39 bits per heavy atom. The van der Waals surface area contributed by atoms with Crippen molar-refractivity contribution >= 4 is 39.1 Å². The standard InChI is InChI=1S/C24H32ClN3O4S/c1-5-26-24(30)19(3)27(17-20-10-7-6-8-11-20)23(29)12-9-15-28(33(4,31)32)22-16-21(25)14-13-18(22)2/h6-8,10-11,13-14,16,19H,5,9,12,15,17H2,1-4H3,(H,26,30)/t19-/m0/s1. The van der Waals surface area contributed by atoms with Crippen molar-refractivity contribution in [2.24, 2.45) is 0 Å². The van der Waals surface area contributed by atoms with Crippen LogP contribution in [0.3, 0.4) is 0 Å². The Labute approximate surface area is 201 Å². The van der Waals surface area contributed by atoms with Crippen LogP contribution >= 0.6 is 11.6 Å². The highest BCUT2D eigenvalue weighted by Crippen LogP contribution is 2.26.